The lowest BCUT2D eigenvalue weighted by atomic mass is 9.99. The van der Waals surface area contributed by atoms with Crippen LogP contribution in [-0.2, 0) is 13.0 Å². The summed E-state index contributed by atoms with van der Waals surface area (Å²) < 4.78 is 1.98. The van der Waals surface area contributed by atoms with Crippen molar-refractivity contribution < 1.29 is 0 Å². The molecule has 0 amide bonds. The summed E-state index contributed by atoms with van der Waals surface area (Å²) in [7, 11) is 2.00. The van der Waals surface area contributed by atoms with E-state index < -0.39 is 0 Å². The zero-order valence-corrected chi connectivity index (χ0v) is 18.9. The quantitative estimate of drug-likeness (QED) is 0.602. The maximum absolute atomic E-state index is 4.65. The fourth-order valence-electron chi connectivity index (χ4n) is 4.51. The topological polar surface area (TPSA) is 60.7 Å². The van der Waals surface area contributed by atoms with Gasteiger partial charge in [0.1, 0.15) is 5.69 Å². The van der Waals surface area contributed by atoms with Crippen LogP contribution in [0.2, 0.25) is 0 Å². The summed E-state index contributed by atoms with van der Waals surface area (Å²) >= 11 is 0. The van der Waals surface area contributed by atoms with Crippen LogP contribution in [0.1, 0.15) is 29.3 Å². The van der Waals surface area contributed by atoms with Crippen LogP contribution >= 0.6 is 0 Å². The Kier molecular flexibility index (Phi) is 5.68. The van der Waals surface area contributed by atoms with E-state index in [2.05, 4.69) is 75.8 Å². The monoisotopic (exact) mass is 429 g/mol. The smallest absolute Gasteiger partial charge is 0.234 e. The van der Waals surface area contributed by atoms with Crippen LogP contribution in [0.25, 0.3) is 17.0 Å². The Morgan fingerprint density at radius 1 is 1.25 bits per heavy atom. The van der Waals surface area contributed by atoms with Gasteiger partial charge in [-0.05, 0) is 29.0 Å². The van der Waals surface area contributed by atoms with E-state index in [-0.39, 0.29) is 0 Å². The second kappa shape index (κ2) is 8.76. The van der Waals surface area contributed by atoms with Gasteiger partial charge in [0.15, 0.2) is 0 Å². The highest BCUT2D eigenvalue weighted by Crippen LogP contribution is 2.20. The molecule has 2 N–H and O–H groups in total. The van der Waals surface area contributed by atoms with Crippen LogP contribution < -0.4 is 10.7 Å². The van der Waals surface area contributed by atoms with Gasteiger partial charge in [-0.25, -0.2) is 15.4 Å². The van der Waals surface area contributed by atoms with Gasteiger partial charge in [0.05, 0.1) is 5.70 Å². The molecule has 1 atom stereocenters. The van der Waals surface area contributed by atoms with Gasteiger partial charge in [0.25, 0.3) is 0 Å². The van der Waals surface area contributed by atoms with Gasteiger partial charge >= 0.3 is 0 Å². The molecule has 2 aliphatic heterocycles. The molecule has 0 aliphatic carbocycles. The summed E-state index contributed by atoms with van der Waals surface area (Å²) in [6.07, 6.45) is 9.19. The molecule has 2 aromatic heterocycles. The Labute approximate surface area is 189 Å². The molecule has 0 bridgehead atoms. The molecule has 7 nitrogen and oxygen atoms in total. The maximum Gasteiger partial charge on any atom is 0.234 e. The third-order valence-electron chi connectivity index (χ3n) is 6.30. The van der Waals surface area contributed by atoms with Gasteiger partial charge in [-0.15, -0.1) is 0 Å². The lowest BCUT2D eigenvalue weighted by Crippen LogP contribution is -2.36. The number of benzene rings is 1. The van der Waals surface area contributed by atoms with Crippen molar-refractivity contribution in [1.82, 2.24) is 35.0 Å². The van der Waals surface area contributed by atoms with E-state index in [4.69, 9.17) is 0 Å². The SMILES string of the molecule is C=C(NCC(C)CN1CCc2ccccc2C1)c1cn2cc(C3=CN(C)NC3)cnc2n1. The first kappa shape index (κ1) is 20.7. The predicted octanol–water partition coefficient (Wildman–Crippen LogP) is 2.77. The second-order valence-corrected chi connectivity index (χ2v) is 8.99. The molecule has 0 radical (unpaired) electrons. The number of nitrogens with zero attached hydrogens (tertiary/aromatic N) is 5. The highest BCUT2D eigenvalue weighted by molar-refractivity contribution is 5.68. The highest BCUT2D eigenvalue weighted by Gasteiger charge is 2.18. The van der Waals surface area contributed by atoms with Crippen molar-refractivity contribution in [3.05, 3.63) is 78.0 Å². The number of nitrogens with one attached hydrogen (secondary N) is 2. The maximum atomic E-state index is 4.65. The number of hydrogen-bond acceptors (Lipinski definition) is 6. The Morgan fingerprint density at radius 2 is 2.09 bits per heavy atom. The minimum Gasteiger partial charge on any atom is -0.383 e. The normalized spacial score (nSPS) is 17.3. The molecule has 1 unspecified atom stereocenters. The van der Waals surface area contributed by atoms with Crippen LogP contribution in [0, 0.1) is 5.92 Å². The zero-order valence-electron chi connectivity index (χ0n) is 18.9. The largest absolute Gasteiger partial charge is 0.383 e. The molecule has 32 heavy (non-hydrogen) atoms. The molecule has 0 saturated heterocycles. The van der Waals surface area contributed by atoms with Gasteiger partial charge in [0, 0.05) is 70.1 Å². The number of rotatable bonds is 7. The van der Waals surface area contributed by atoms with E-state index in [9.17, 15) is 0 Å². The standard InChI is InChI=1S/C25H31N7/c1-18(13-31-9-8-20-6-4-5-7-21(20)15-31)10-26-19(2)24-17-32-16-22(11-27-25(32)29-24)23-12-28-30(3)14-23/h4-7,11,14,16-18,26,28H,2,8-10,12-13,15H2,1,3H3. The molecule has 1 aromatic carbocycles. The molecule has 7 heteroatoms. The Bertz CT molecular complexity index is 1160. The second-order valence-electron chi connectivity index (χ2n) is 8.99. The fraction of sp³-hybridized carbons (Fsp3) is 0.360. The first-order valence-electron chi connectivity index (χ1n) is 11.3. The molecule has 5 rings (SSSR count). The molecule has 2 aliphatic rings. The first-order valence-corrected chi connectivity index (χ1v) is 11.3. The van der Waals surface area contributed by atoms with E-state index >= 15 is 0 Å². The third kappa shape index (κ3) is 4.40. The van der Waals surface area contributed by atoms with E-state index in [1.807, 2.05) is 28.9 Å². The van der Waals surface area contributed by atoms with Crippen molar-refractivity contribution in [2.45, 2.75) is 19.9 Å². The summed E-state index contributed by atoms with van der Waals surface area (Å²) in [4.78, 5) is 11.7. The average Bonchev–Trinajstić information content (AvgIpc) is 3.43. The molecular formula is C25H31N7. The molecule has 4 heterocycles. The molecule has 3 aromatic rings. The molecule has 0 saturated carbocycles. The first-order chi connectivity index (χ1) is 15.5. The number of aromatic nitrogens is 3. The van der Waals surface area contributed by atoms with Crippen molar-refractivity contribution in [3.8, 4) is 0 Å². The lowest BCUT2D eigenvalue weighted by molar-refractivity contribution is 0.220. The summed E-state index contributed by atoms with van der Waals surface area (Å²) in [5.41, 5.74) is 10.2. The number of hydrazine groups is 1. The van der Waals surface area contributed by atoms with Crippen molar-refractivity contribution in [3.63, 3.8) is 0 Å². The summed E-state index contributed by atoms with van der Waals surface area (Å²) in [5.74, 6) is 1.20. The summed E-state index contributed by atoms with van der Waals surface area (Å²) in [6.45, 7) is 11.4. The van der Waals surface area contributed by atoms with Gasteiger partial charge in [-0.3, -0.25) is 9.30 Å². The van der Waals surface area contributed by atoms with Crippen LogP contribution in [-0.4, -0.2) is 57.5 Å². The average molecular weight is 430 g/mol. The summed E-state index contributed by atoms with van der Waals surface area (Å²) in [6, 6.07) is 8.80. The van der Waals surface area contributed by atoms with Crippen molar-refractivity contribution in [2.75, 3.05) is 33.2 Å². The predicted molar refractivity (Wildman–Crippen MR) is 128 cm³/mol. The number of hydrogen-bond donors (Lipinski definition) is 2. The minimum atomic E-state index is 0.512. The van der Waals surface area contributed by atoms with Gasteiger partial charge in [-0.1, -0.05) is 37.8 Å². The van der Waals surface area contributed by atoms with E-state index in [0.29, 0.717) is 11.7 Å². The van der Waals surface area contributed by atoms with Crippen molar-refractivity contribution in [2.24, 2.45) is 5.92 Å². The highest BCUT2D eigenvalue weighted by atomic mass is 15.5. The summed E-state index contributed by atoms with van der Waals surface area (Å²) in [5, 5.41) is 5.46. The zero-order chi connectivity index (χ0) is 22.1. The van der Waals surface area contributed by atoms with Crippen LogP contribution in [0.4, 0.5) is 0 Å². The molecular weight excluding hydrogens is 398 g/mol. The molecule has 166 valence electrons. The Hall–Kier alpha value is -3.16. The molecule has 0 fully saturated rings. The van der Waals surface area contributed by atoms with Gasteiger partial charge in [-0.2, -0.15) is 0 Å². The minimum absolute atomic E-state index is 0.512. The number of fused-ring (bicyclic) bond motifs is 2. The van der Waals surface area contributed by atoms with Crippen LogP contribution in [0.3, 0.4) is 0 Å². The Balaban J connectivity index is 1.17. The van der Waals surface area contributed by atoms with E-state index in [1.165, 1.54) is 16.7 Å². The van der Waals surface area contributed by atoms with Gasteiger partial charge < -0.3 is 10.3 Å². The van der Waals surface area contributed by atoms with Crippen LogP contribution in [0.5, 0.6) is 0 Å². The van der Waals surface area contributed by atoms with Crippen molar-refractivity contribution in [1.29, 1.82) is 0 Å². The Morgan fingerprint density at radius 3 is 2.91 bits per heavy atom. The van der Waals surface area contributed by atoms with Crippen LogP contribution in [0.15, 0.2) is 55.6 Å². The molecule has 0 spiro atoms. The van der Waals surface area contributed by atoms with E-state index in [1.54, 1.807) is 0 Å². The fourth-order valence-corrected chi connectivity index (χ4v) is 4.51. The number of imidazole rings is 1. The van der Waals surface area contributed by atoms with Crippen molar-refractivity contribution >= 4 is 17.0 Å². The van der Waals surface area contributed by atoms with E-state index in [0.717, 1.165) is 56.1 Å². The lowest BCUT2D eigenvalue weighted by Gasteiger charge is -2.31. The third-order valence-corrected chi connectivity index (χ3v) is 6.30. The van der Waals surface area contributed by atoms with Gasteiger partial charge in [0.2, 0.25) is 5.78 Å².